The molecule has 0 radical (unpaired) electrons. The fraction of sp³-hybridized carbons (Fsp3) is 0.250. The molecule has 0 spiro atoms. The number of hydrogen-bond donors (Lipinski definition) is 1. The molecule has 3 aromatic heterocycles. The Morgan fingerprint density at radius 2 is 2.03 bits per heavy atom. The van der Waals surface area contributed by atoms with Crippen molar-refractivity contribution in [2.24, 2.45) is 0 Å². The minimum Gasteiger partial charge on any atom is -0.322 e. The molecule has 1 unspecified atom stereocenters. The number of nitrogens with zero attached hydrogens (tertiary/aromatic N) is 4. The van der Waals surface area contributed by atoms with Crippen molar-refractivity contribution in [1.29, 1.82) is 0 Å². The SMILES string of the molecule is CC(C)n1ncc2c(C(=O)N3CSCC3C(=O)Nc3ccccc3F)cc(-c3cccs3)nc21. The number of thiophene rings is 1. The van der Waals surface area contributed by atoms with Crippen LogP contribution in [0.2, 0.25) is 0 Å². The zero-order valence-corrected chi connectivity index (χ0v) is 20.2. The van der Waals surface area contributed by atoms with Crippen molar-refractivity contribution in [3.63, 3.8) is 0 Å². The summed E-state index contributed by atoms with van der Waals surface area (Å²) in [5, 5.41) is 9.70. The fourth-order valence-electron chi connectivity index (χ4n) is 3.92. The second-order valence-corrected chi connectivity index (χ2v) is 10.2. The van der Waals surface area contributed by atoms with Gasteiger partial charge in [0, 0.05) is 11.8 Å². The van der Waals surface area contributed by atoms with Gasteiger partial charge in [-0.25, -0.2) is 14.1 Å². The molecule has 7 nitrogen and oxygen atoms in total. The average Bonchev–Trinajstić information content (AvgIpc) is 3.59. The molecule has 1 atom stereocenters. The number of para-hydroxylation sites is 1. The second kappa shape index (κ2) is 9.19. The summed E-state index contributed by atoms with van der Waals surface area (Å²) >= 11 is 3.03. The molecule has 1 N–H and O–H groups in total. The largest absolute Gasteiger partial charge is 0.322 e. The molecule has 2 amide bonds. The third-order valence-corrected chi connectivity index (χ3v) is 7.54. The maximum atomic E-state index is 14.1. The molecule has 0 aliphatic carbocycles. The fourth-order valence-corrected chi connectivity index (χ4v) is 5.76. The van der Waals surface area contributed by atoms with Crippen LogP contribution in [0.4, 0.5) is 10.1 Å². The standard InChI is InChI=1S/C24H22FN5O2S2/c1-14(2)30-22-16(11-26-30)15(10-19(27-22)21-8-5-9-34-21)24(32)29-13-33-12-20(29)23(31)28-18-7-4-3-6-17(18)25/h3-11,14,20H,12-13H2,1-2H3,(H,28,31). The van der Waals surface area contributed by atoms with Gasteiger partial charge in [-0.05, 0) is 43.5 Å². The van der Waals surface area contributed by atoms with E-state index in [0.717, 1.165) is 4.88 Å². The first-order chi connectivity index (χ1) is 16.4. The lowest BCUT2D eigenvalue weighted by Crippen LogP contribution is -2.44. The average molecular weight is 496 g/mol. The van der Waals surface area contributed by atoms with Gasteiger partial charge in [-0.1, -0.05) is 18.2 Å². The summed E-state index contributed by atoms with van der Waals surface area (Å²) in [5.41, 5.74) is 1.86. The number of halogens is 1. The van der Waals surface area contributed by atoms with Crippen LogP contribution in [0, 0.1) is 5.82 Å². The predicted molar refractivity (Wildman–Crippen MR) is 134 cm³/mol. The first-order valence-electron chi connectivity index (χ1n) is 10.8. The molecule has 174 valence electrons. The maximum absolute atomic E-state index is 14.1. The molecule has 1 aromatic carbocycles. The van der Waals surface area contributed by atoms with E-state index in [-0.39, 0.29) is 17.6 Å². The molecule has 34 heavy (non-hydrogen) atoms. The first kappa shape index (κ1) is 22.5. The zero-order valence-electron chi connectivity index (χ0n) is 18.6. The van der Waals surface area contributed by atoms with Gasteiger partial charge in [0.25, 0.3) is 5.91 Å². The third-order valence-electron chi connectivity index (χ3n) is 5.64. The van der Waals surface area contributed by atoms with E-state index in [2.05, 4.69) is 10.4 Å². The summed E-state index contributed by atoms with van der Waals surface area (Å²) in [7, 11) is 0. The molecule has 1 aliphatic rings. The summed E-state index contributed by atoms with van der Waals surface area (Å²) in [6, 6.07) is 11.0. The van der Waals surface area contributed by atoms with Crippen LogP contribution in [-0.2, 0) is 4.79 Å². The highest BCUT2D eigenvalue weighted by Gasteiger charge is 2.36. The number of carbonyl (C=O) groups is 2. The van der Waals surface area contributed by atoms with Gasteiger partial charge in [0.15, 0.2) is 5.65 Å². The Morgan fingerprint density at radius 3 is 2.76 bits per heavy atom. The van der Waals surface area contributed by atoms with Gasteiger partial charge in [-0.2, -0.15) is 5.10 Å². The number of hydrogen-bond acceptors (Lipinski definition) is 6. The van der Waals surface area contributed by atoms with E-state index in [1.807, 2.05) is 31.4 Å². The number of fused-ring (bicyclic) bond motifs is 1. The number of anilines is 1. The van der Waals surface area contributed by atoms with Crippen LogP contribution in [0.25, 0.3) is 21.6 Å². The Hall–Kier alpha value is -3.24. The van der Waals surface area contributed by atoms with Gasteiger partial charge in [-0.15, -0.1) is 23.1 Å². The summed E-state index contributed by atoms with van der Waals surface area (Å²) in [6.45, 7) is 4.02. The topological polar surface area (TPSA) is 80.1 Å². The highest BCUT2D eigenvalue weighted by Crippen LogP contribution is 2.32. The Balaban J connectivity index is 1.52. The minimum absolute atomic E-state index is 0.0631. The van der Waals surface area contributed by atoms with E-state index in [1.54, 1.807) is 45.3 Å². The van der Waals surface area contributed by atoms with Crippen LogP contribution in [-0.4, -0.2) is 49.2 Å². The van der Waals surface area contributed by atoms with Gasteiger partial charge in [0.2, 0.25) is 5.91 Å². The van der Waals surface area contributed by atoms with Gasteiger partial charge in [0.1, 0.15) is 11.9 Å². The molecule has 1 aliphatic heterocycles. The van der Waals surface area contributed by atoms with E-state index < -0.39 is 17.8 Å². The van der Waals surface area contributed by atoms with Crippen molar-refractivity contribution < 1.29 is 14.0 Å². The van der Waals surface area contributed by atoms with E-state index in [1.165, 1.54) is 23.9 Å². The van der Waals surface area contributed by atoms with E-state index >= 15 is 0 Å². The summed E-state index contributed by atoms with van der Waals surface area (Å²) in [6.07, 6.45) is 1.66. The lowest BCUT2D eigenvalue weighted by Gasteiger charge is -2.23. The monoisotopic (exact) mass is 495 g/mol. The molecule has 0 saturated carbocycles. The van der Waals surface area contributed by atoms with Crippen LogP contribution in [0.3, 0.4) is 0 Å². The molecule has 5 rings (SSSR count). The summed E-state index contributed by atoms with van der Waals surface area (Å²) in [4.78, 5) is 34.1. The quantitative estimate of drug-likeness (QED) is 0.420. The Morgan fingerprint density at radius 1 is 1.21 bits per heavy atom. The summed E-state index contributed by atoms with van der Waals surface area (Å²) in [5.74, 6) is -0.400. The second-order valence-electron chi connectivity index (χ2n) is 8.21. The van der Waals surface area contributed by atoms with Crippen molar-refractivity contribution in [3.05, 3.63) is 65.4 Å². The highest BCUT2D eigenvalue weighted by atomic mass is 32.2. The Bertz CT molecular complexity index is 1370. The number of pyridine rings is 1. The van der Waals surface area contributed by atoms with Gasteiger partial charge in [-0.3, -0.25) is 9.59 Å². The van der Waals surface area contributed by atoms with E-state index in [9.17, 15) is 14.0 Å². The number of amides is 2. The molecular formula is C24H22FN5O2S2. The van der Waals surface area contributed by atoms with Crippen LogP contribution < -0.4 is 5.32 Å². The Labute approximate surface area is 204 Å². The maximum Gasteiger partial charge on any atom is 0.256 e. The molecule has 1 saturated heterocycles. The van der Waals surface area contributed by atoms with Crippen LogP contribution in [0.15, 0.2) is 54.0 Å². The number of nitrogens with one attached hydrogen (secondary N) is 1. The normalized spacial score (nSPS) is 15.9. The van der Waals surface area contributed by atoms with Crippen molar-refractivity contribution in [1.82, 2.24) is 19.7 Å². The van der Waals surface area contributed by atoms with Crippen LogP contribution in [0.5, 0.6) is 0 Å². The van der Waals surface area contributed by atoms with Crippen molar-refractivity contribution in [2.45, 2.75) is 25.9 Å². The van der Waals surface area contributed by atoms with Crippen LogP contribution >= 0.6 is 23.1 Å². The van der Waals surface area contributed by atoms with Crippen molar-refractivity contribution in [2.75, 3.05) is 16.9 Å². The first-order valence-corrected chi connectivity index (χ1v) is 12.8. The number of carbonyl (C=O) groups excluding carboxylic acids is 2. The molecule has 10 heteroatoms. The van der Waals surface area contributed by atoms with Crippen LogP contribution in [0.1, 0.15) is 30.2 Å². The minimum atomic E-state index is -0.717. The number of rotatable bonds is 5. The molecule has 4 aromatic rings. The van der Waals surface area contributed by atoms with E-state index in [0.29, 0.717) is 33.9 Å². The molecule has 0 bridgehead atoms. The smallest absolute Gasteiger partial charge is 0.256 e. The lowest BCUT2D eigenvalue weighted by molar-refractivity contribution is -0.119. The highest BCUT2D eigenvalue weighted by molar-refractivity contribution is 7.99. The van der Waals surface area contributed by atoms with Gasteiger partial charge in [0.05, 0.1) is 39.3 Å². The molecule has 1 fully saturated rings. The number of aromatic nitrogens is 3. The number of benzene rings is 1. The molecular weight excluding hydrogens is 473 g/mol. The van der Waals surface area contributed by atoms with Crippen molar-refractivity contribution in [3.8, 4) is 10.6 Å². The lowest BCUT2D eigenvalue weighted by atomic mass is 10.1. The van der Waals surface area contributed by atoms with Crippen molar-refractivity contribution >= 4 is 51.6 Å². The predicted octanol–water partition coefficient (Wildman–Crippen LogP) is 5.03. The Kier molecular flexibility index (Phi) is 6.09. The zero-order chi connectivity index (χ0) is 23.8. The number of thioether (sulfide) groups is 1. The summed E-state index contributed by atoms with van der Waals surface area (Å²) < 4.78 is 15.9. The van der Waals surface area contributed by atoms with E-state index in [4.69, 9.17) is 4.98 Å². The van der Waals surface area contributed by atoms with Gasteiger partial charge < -0.3 is 10.2 Å². The van der Waals surface area contributed by atoms with Gasteiger partial charge >= 0.3 is 0 Å². The molecule has 4 heterocycles. The third kappa shape index (κ3) is 4.07.